The van der Waals surface area contributed by atoms with Gasteiger partial charge in [0.25, 0.3) is 5.91 Å². The predicted octanol–water partition coefficient (Wildman–Crippen LogP) is 2.29. The summed E-state index contributed by atoms with van der Waals surface area (Å²) in [5.74, 6) is 1.52. The maximum atomic E-state index is 11.6. The SMILES string of the molecule is CCCc1nc(NCc2ccc(C(=O)NC)cc2)c2cnn(C)c2n1. The topological polar surface area (TPSA) is 84.7 Å². The zero-order valence-electron chi connectivity index (χ0n) is 14.7. The number of nitrogens with one attached hydrogen (secondary N) is 2. The average Bonchev–Trinajstić information content (AvgIpc) is 3.01. The Bertz CT molecular complexity index is 884. The Kier molecular flexibility index (Phi) is 4.92. The number of nitrogens with zero attached hydrogens (tertiary/aromatic N) is 4. The van der Waals surface area contributed by atoms with E-state index >= 15 is 0 Å². The highest BCUT2D eigenvalue weighted by Crippen LogP contribution is 2.21. The average molecular weight is 338 g/mol. The highest BCUT2D eigenvalue weighted by molar-refractivity contribution is 5.94. The minimum atomic E-state index is -0.0865. The van der Waals surface area contributed by atoms with Gasteiger partial charge in [-0.05, 0) is 24.1 Å². The van der Waals surface area contributed by atoms with Crippen LogP contribution in [0.5, 0.6) is 0 Å². The standard InChI is InChI=1S/C18H22N6O/c1-4-5-15-22-16(14-11-21-24(3)17(14)23-15)20-10-12-6-8-13(9-7-12)18(25)19-2/h6-9,11H,4-5,10H2,1-3H3,(H,19,25)(H,20,22,23). The van der Waals surface area contributed by atoms with Gasteiger partial charge >= 0.3 is 0 Å². The van der Waals surface area contributed by atoms with Crippen LogP contribution in [-0.4, -0.2) is 32.7 Å². The van der Waals surface area contributed by atoms with Gasteiger partial charge in [-0.15, -0.1) is 0 Å². The van der Waals surface area contributed by atoms with Gasteiger partial charge in [0.2, 0.25) is 0 Å². The number of hydrogen-bond acceptors (Lipinski definition) is 5. The molecule has 0 saturated heterocycles. The molecule has 3 aromatic rings. The quantitative estimate of drug-likeness (QED) is 0.720. The molecule has 2 heterocycles. The molecule has 2 aromatic heterocycles. The zero-order chi connectivity index (χ0) is 17.8. The van der Waals surface area contributed by atoms with E-state index in [2.05, 4.69) is 32.6 Å². The molecule has 0 aliphatic carbocycles. The van der Waals surface area contributed by atoms with Crippen molar-refractivity contribution in [3.8, 4) is 0 Å². The van der Waals surface area contributed by atoms with Crippen LogP contribution in [0.2, 0.25) is 0 Å². The summed E-state index contributed by atoms with van der Waals surface area (Å²) in [6.07, 6.45) is 3.60. The minimum absolute atomic E-state index is 0.0865. The number of carbonyl (C=O) groups is 1. The van der Waals surface area contributed by atoms with Gasteiger partial charge in [-0.2, -0.15) is 5.10 Å². The Morgan fingerprint density at radius 2 is 1.96 bits per heavy atom. The van der Waals surface area contributed by atoms with E-state index in [4.69, 9.17) is 0 Å². The van der Waals surface area contributed by atoms with Gasteiger partial charge in [0.15, 0.2) is 5.65 Å². The Balaban J connectivity index is 1.81. The van der Waals surface area contributed by atoms with E-state index in [1.165, 1.54) is 0 Å². The molecule has 25 heavy (non-hydrogen) atoms. The molecule has 3 rings (SSSR count). The molecule has 0 spiro atoms. The number of amides is 1. The number of aromatic nitrogens is 4. The van der Waals surface area contributed by atoms with Crippen molar-refractivity contribution in [2.45, 2.75) is 26.3 Å². The molecule has 130 valence electrons. The third-order valence-corrected chi connectivity index (χ3v) is 4.02. The summed E-state index contributed by atoms with van der Waals surface area (Å²) in [5.41, 5.74) is 2.55. The first-order chi connectivity index (χ1) is 12.1. The zero-order valence-corrected chi connectivity index (χ0v) is 14.7. The summed E-state index contributed by atoms with van der Waals surface area (Å²) >= 11 is 0. The first-order valence-corrected chi connectivity index (χ1v) is 8.36. The van der Waals surface area contributed by atoms with E-state index < -0.39 is 0 Å². The lowest BCUT2D eigenvalue weighted by Crippen LogP contribution is -2.17. The summed E-state index contributed by atoms with van der Waals surface area (Å²) in [4.78, 5) is 20.8. The van der Waals surface area contributed by atoms with E-state index in [1.54, 1.807) is 17.9 Å². The third-order valence-electron chi connectivity index (χ3n) is 4.02. The second kappa shape index (κ2) is 7.29. The minimum Gasteiger partial charge on any atom is -0.365 e. The lowest BCUT2D eigenvalue weighted by Gasteiger charge is -2.09. The van der Waals surface area contributed by atoms with E-state index in [9.17, 15) is 4.79 Å². The van der Waals surface area contributed by atoms with Crippen LogP contribution >= 0.6 is 0 Å². The summed E-state index contributed by atoms with van der Waals surface area (Å²) in [6, 6.07) is 7.51. The van der Waals surface area contributed by atoms with Crippen LogP contribution in [0.25, 0.3) is 11.0 Å². The molecular weight excluding hydrogens is 316 g/mol. The summed E-state index contributed by atoms with van der Waals surface area (Å²) < 4.78 is 1.76. The van der Waals surface area contributed by atoms with Crippen LogP contribution in [0.1, 0.15) is 35.1 Å². The number of benzene rings is 1. The molecule has 7 heteroatoms. The lowest BCUT2D eigenvalue weighted by atomic mass is 10.1. The van der Waals surface area contributed by atoms with Gasteiger partial charge in [0, 0.05) is 32.6 Å². The number of anilines is 1. The summed E-state index contributed by atoms with van der Waals surface area (Å²) in [7, 11) is 3.51. The van der Waals surface area contributed by atoms with E-state index in [1.807, 2.05) is 31.3 Å². The van der Waals surface area contributed by atoms with Gasteiger partial charge in [0.1, 0.15) is 11.6 Å². The van der Waals surface area contributed by atoms with Gasteiger partial charge < -0.3 is 10.6 Å². The van der Waals surface area contributed by atoms with Crippen molar-refractivity contribution in [2.75, 3.05) is 12.4 Å². The van der Waals surface area contributed by atoms with Crippen molar-refractivity contribution in [3.05, 3.63) is 47.4 Å². The second-order valence-corrected chi connectivity index (χ2v) is 5.87. The maximum Gasteiger partial charge on any atom is 0.251 e. The van der Waals surface area contributed by atoms with Gasteiger partial charge in [-0.25, -0.2) is 9.97 Å². The molecule has 2 N–H and O–H groups in total. The van der Waals surface area contributed by atoms with Crippen LogP contribution in [0, 0.1) is 0 Å². The molecule has 0 fully saturated rings. The van der Waals surface area contributed by atoms with Crippen LogP contribution in [0.4, 0.5) is 5.82 Å². The van der Waals surface area contributed by atoms with Crippen LogP contribution in [0.3, 0.4) is 0 Å². The maximum absolute atomic E-state index is 11.6. The fraction of sp³-hybridized carbons (Fsp3) is 0.333. The van der Waals surface area contributed by atoms with E-state index in [-0.39, 0.29) is 5.91 Å². The molecule has 0 bridgehead atoms. The van der Waals surface area contributed by atoms with E-state index in [0.717, 1.165) is 41.1 Å². The van der Waals surface area contributed by atoms with Gasteiger partial charge in [-0.3, -0.25) is 9.48 Å². The second-order valence-electron chi connectivity index (χ2n) is 5.87. The molecule has 1 amide bonds. The van der Waals surface area contributed by atoms with E-state index in [0.29, 0.717) is 12.1 Å². The number of aryl methyl sites for hydroxylation is 2. The summed E-state index contributed by atoms with van der Waals surface area (Å²) in [5, 5.41) is 11.2. The van der Waals surface area contributed by atoms with Crippen LogP contribution in [0.15, 0.2) is 30.5 Å². The Morgan fingerprint density at radius 3 is 2.64 bits per heavy atom. The number of hydrogen-bond donors (Lipinski definition) is 2. The molecular formula is C18H22N6O. The normalized spacial score (nSPS) is 10.8. The van der Waals surface area contributed by atoms with Crippen molar-refractivity contribution in [1.29, 1.82) is 0 Å². The molecule has 7 nitrogen and oxygen atoms in total. The Hall–Kier alpha value is -2.96. The molecule has 0 aliphatic rings. The molecule has 0 radical (unpaired) electrons. The monoisotopic (exact) mass is 338 g/mol. The van der Waals surface area contributed by atoms with Crippen molar-refractivity contribution < 1.29 is 4.79 Å². The first kappa shape index (κ1) is 16.9. The van der Waals surface area contributed by atoms with Crippen molar-refractivity contribution in [2.24, 2.45) is 7.05 Å². The smallest absolute Gasteiger partial charge is 0.251 e. The highest BCUT2D eigenvalue weighted by Gasteiger charge is 2.11. The number of fused-ring (bicyclic) bond motifs is 1. The lowest BCUT2D eigenvalue weighted by molar-refractivity contribution is 0.0963. The molecule has 0 unspecified atom stereocenters. The van der Waals surface area contributed by atoms with Crippen molar-refractivity contribution in [1.82, 2.24) is 25.1 Å². The fourth-order valence-electron chi connectivity index (χ4n) is 2.64. The van der Waals surface area contributed by atoms with Crippen LogP contribution in [-0.2, 0) is 20.0 Å². The van der Waals surface area contributed by atoms with Crippen LogP contribution < -0.4 is 10.6 Å². The third kappa shape index (κ3) is 3.60. The van der Waals surface area contributed by atoms with Crippen molar-refractivity contribution >= 4 is 22.8 Å². The molecule has 1 aromatic carbocycles. The Labute approximate surface area is 146 Å². The highest BCUT2D eigenvalue weighted by atomic mass is 16.1. The molecule has 0 aliphatic heterocycles. The number of carbonyl (C=O) groups excluding carboxylic acids is 1. The largest absolute Gasteiger partial charge is 0.365 e. The fourth-order valence-corrected chi connectivity index (χ4v) is 2.64. The predicted molar refractivity (Wildman–Crippen MR) is 97.5 cm³/mol. The first-order valence-electron chi connectivity index (χ1n) is 8.36. The van der Waals surface area contributed by atoms with Crippen molar-refractivity contribution in [3.63, 3.8) is 0 Å². The Morgan fingerprint density at radius 1 is 1.20 bits per heavy atom. The van der Waals surface area contributed by atoms with Gasteiger partial charge in [-0.1, -0.05) is 19.1 Å². The molecule has 0 atom stereocenters. The van der Waals surface area contributed by atoms with Gasteiger partial charge in [0.05, 0.1) is 11.6 Å². The number of rotatable bonds is 6. The molecule has 0 saturated carbocycles. The summed E-state index contributed by atoms with van der Waals surface area (Å²) in [6.45, 7) is 2.72.